The largest absolute Gasteiger partial charge is 0.465 e. The average molecular weight is 473 g/mol. The molecule has 30 heavy (non-hydrogen) atoms. The Morgan fingerprint density at radius 1 is 1.23 bits per heavy atom. The molecule has 3 aromatic rings. The lowest BCUT2D eigenvalue weighted by Gasteiger charge is -2.28. The quantitative estimate of drug-likeness (QED) is 0.551. The second-order valence-corrected chi connectivity index (χ2v) is 7.57. The molecular formula is C19H17BrN6O4. The summed E-state index contributed by atoms with van der Waals surface area (Å²) < 4.78 is 5.93. The standard InChI is InChI=1S/C19H17BrN6O4/c20-14-5-1-4-13(22-14)17(27)23-15-7-6-11(9-21-15)16-24-18(30-25-16)12-3-2-8-26(10-12)19(28)29/h1,4-7,9,12H,2-3,8,10H2,(H,28,29)(H,21,23,27). The highest BCUT2D eigenvalue weighted by molar-refractivity contribution is 9.10. The minimum atomic E-state index is -0.945. The highest BCUT2D eigenvalue weighted by atomic mass is 79.9. The van der Waals surface area contributed by atoms with E-state index < -0.39 is 6.09 Å². The molecule has 1 fully saturated rings. The van der Waals surface area contributed by atoms with Crippen LogP contribution < -0.4 is 5.32 Å². The zero-order valence-corrected chi connectivity index (χ0v) is 17.2. The smallest absolute Gasteiger partial charge is 0.407 e. The number of nitrogens with zero attached hydrogens (tertiary/aromatic N) is 5. The summed E-state index contributed by atoms with van der Waals surface area (Å²) in [4.78, 5) is 37.5. The lowest BCUT2D eigenvalue weighted by Crippen LogP contribution is -2.38. The molecule has 4 heterocycles. The number of amides is 2. The molecule has 0 saturated carbocycles. The van der Waals surface area contributed by atoms with Gasteiger partial charge in [-0.3, -0.25) is 4.79 Å². The zero-order valence-electron chi connectivity index (χ0n) is 15.7. The van der Waals surface area contributed by atoms with Gasteiger partial charge in [-0.2, -0.15) is 4.98 Å². The van der Waals surface area contributed by atoms with Crippen molar-refractivity contribution in [2.24, 2.45) is 0 Å². The predicted molar refractivity (Wildman–Crippen MR) is 109 cm³/mol. The molecule has 10 nitrogen and oxygen atoms in total. The van der Waals surface area contributed by atoms with E-state index in [0.717, 1.165) is 12.8 Å². The van der Waals surface area contributed by atoms with Gasteiger partial charge in [-0.05, 0) is 53.0 Å². The van der Waals surface area contributed by atoms with Gasteiger partial charge in [0.1, 0.15) is 16.1 Å². The van der Waals surface area contributed by atoms with Gasteiger partial charge in [-0.1, -0.05) is 11.2 Å². The van der Waals surface area contributed by atoms with Crippen LogP contribution in [0, 0.1) is 0 Å². The van der Waals surface area contributed by atoms with Crippen LogP contribution in [0.5, 0.6) is 0 Å². The summed E-state index contributed by atoms with van der Waals surface area (Å²) >= 11 is 3.23. The Hall–Kier alpha value is -3.34. The van der Waals surface area contributed by atoms with Gasteiger partial charge < -0.3 is 19.8 Å². The summed E-state index contributed by atoms with van der Waals surface area (Å²) in [6.45, 7) is 0.850. The highest BCUT2D eigenvalue weighted by Gasteiger charge is 2.28. The number of hydrogen-bond donors (Lipinski definition) is 2. The molecule has 1 aliphatic rings. The normalized spacial score (nSPS) is 16.3. The van der Waals surface area contributed by atoms with Gasteiger partial charge in [0.2, 0.25) is 11.7 Å². The van der Waals surface area contributed by atoms with Gasteiger partial charge in [-0.25, -0.2) is 14.8 Å². The van der Waals surface area contributed by atoms with E-state index in [9.17, 15) is 14.7 Å². The van der Waals surface area contributed by atoms with Gasteiger partial charge in [-0.15, -0.1) is 0 Å². The molecule has 1 atom stereocenters. The van der Waals surface area contributed by atoms with Crippen molar-refractivity contribution in [1.29, 1.82) is 0 Å². The second-order valence-electron chi connectivity index (χ2n) is 6.76. The summed E-state index contributed by atoms with van der Waals surface area (Å²) in [6, 6.07) is 8.41. The maximum atomic E-state index is 12.3. The van der Waals surface area contributed by atoms with E-state index in [0.29, 0.717) is 40.8 Å². The first-order valence-corrected chi connectivity index (χ1v) is 10.0. The number of carbonyl (C=O) groups excluding carboxylic acids is 1. The minimum Gasteiger partial charge on any atom is -0.465 e. The molecule has 0 aromatic carbocycles. The van der Waals surface area contributed by atoms with Crippen molar-refractivity contribution in [3.05, 3.63) is 52.7 Å². The minimum absolute atomic E-state index is 0.125. The van der Waals surface area contributed by atoms with E-state index >= 15 is 0 Å². The Morgan fingerprint density at radius 3 is 2.83 bits per heavy atom. The molecule has 11 heteroatoms. The lowest BCUT2D eigenvalue weighted by molar-refractivity contribution is 0.102. The van der Waals surface area contributed by atoms with E-state index in [4.69, 9.17) is 4.52 Å². The molecule has 2 amide bonds. The van der Waals surface area contributed by atoms with Gasteiger partial charge in [0.05, 0.1) is 5.92 Å². The fourth-order valence-electron chi connectivity index (χ4n) is 3.19. The number of rotatable bonds is 4. The van der Waals surface area contributed by atoms with E-state index in [2.05, 4.69) is 41.4 Å². The first kappa shape index (κ1) is 20.0. The van der Waals surface area contributed by atoms with E-state index in [1.54, 1.807) is 30.3 Å². The van der Waals surface area contributed by atoms with E-state index in [-0.39, 0.29) is 17.5 Å². The van der Waals surface area contributed by atoms with Crippen LogP contribution in [0.3, 0.4) is 0 Å². The number of piperidine rings is 1. The van der Waals surface area contributed by atoms with Crippen molar-refractivity contribution in [3.8, 4) is 11.4 Å². The molecule has 0 bridgehead atoms. The topological polar surface area (TPSA) is 134 Å². The van der Waals surface area contributed by atoms with E-state index in [1.807, 2.05) is 0 Å². The third-order valence-corrected chi connectivity index (χ3v) is 5.14. The molecule has 0 radical (unpaired) electrons. The molecule has 1 unspecified atom stereocenters. The van der Waals surface area contributed by atoms with Crippen LogP contribution in [0.1, 0.15) is 35.1 Å². The third kappa shape index (κ3) is 4.46. The number of aromatic nitrogens is 4. The predicted octanol–water partition coefficient (Wildman–Crippen LogP) is 3.40. The van der Waals surface area contributed by atoms with Crippen molar-refractivity contribution in [1.82, 2.24) is 25.0 Å². The summed E-state index contributed by atoms with van der Waals surface area (Å²) in [6.07, 6.45) is 2.12. The molecule has 154 valence electrons. The summed E-state index contributed by atoms with van der Waals surface area (Å²) in [7, 11) is 0. The number of halogens is 1. The van der Waals surface area contributed by atoms with Crippen LogP contribution in [0.25, 0.3) is 11.4 Å². The number of carboxylic acid groups (broad SMARTS) is 1. The Kier molecular flexibility index (Phi) is 5.70. The van der Waals surface area contributed by atoms with Crippen LogP contribution >= 0.6 is 15.9 Å². The monoisotopic (exact) mass is 472 g/mol. The van der Waals surface area contributed by atoms with Gasteiger partial charge in [0.25, 0.3) is 5.91 Å². The molecule has 0 spiro atoms. The van der Waals surface area contributed by atoms with Gasteiger partial charge in [0.15, 0.2) is 0 Å². The molecule has 3 aromatic heterocycles. The molecule has 2 N–H and O–H groups in total. The molecule has 0 aliphatic carbocycles. The summed E-state index contributed by atoms with van der Waals surface area (Å²) in [5.41, 5.74) is 0.885. The van der Waals surface area contributed by atoms with Crippen molar-refractivity contribution in [2.45, 2.75) is 18.8 Å². The maximum absolute atomic E-state index is 12.3. The number of likely N-dealkylation sites (tertiary alicyclic amines) is 1. The van der Waals surface area contributed by atoms with Crippen molar-refractivity contribution in [2.75, 3.05) is 18.4 Å². The van der Waals surface area contributed by atoms with Crippen molar-refractivity contribution >= 4 is 33.7 Å². The van der Waals surface area contributed by atoms with Crippen LogP contribution in [0.15, 0.2) is 45.7 Å². The molecule has 1 saturated heterocycles. The highest BCUT2D eigenvalue weighted by Crippen LogP contribution is 2.27. The molecular weight excluding hydrogens is 456 g/mol. The summed E-state index contributed by atoms with van der Waals surface area (Å²) in [5, 5.41) is 15.8. The number of nitrogens with one attached hydrogen (secondary N) is 1. The fraction of sp³-hybridized carbons (Fsp3) is 0.263. The number of pyridine rings is 2. The third-order valence-electron chi connectivity index (χ3n) is 4.69. The number of carbonyl (C=O) groups is 2. The van der Waals surface area contributed by atoms with E-state index in [1.165, 1.54) is 11.1 Å². The fourth-order valence-corrected chi connectivity index (χ4v) is 3.53. The van der Waals surface area contributed by atoms with Crippen LogP contribution in [-0.2, 0) is 0 Å². The van der Waals surface area contributed by atoms with Crippen LogP contribution in [0.2, 0.25) is 0 Å². The zero-order chi connectivity index (χ0) is 21.1. The number of anilines is 1. The average Bonchev–Trinajstić information content (AvgIpc) is 3.25. The van der Waals surface area contributed by atoms with Gasteiger partial charge >= 0.3 is 6.09 Å². The van der Waals surface area contributed by atoms with Crippen LogP contribution in [-0.4, -0.2) is 55.2 Å². The molecule has 4 rings (SSSR count). The second kappa shape index (κ2) is 8.57. The Balaban J connectivity index is 1.43. The first-order valence-electron chi connectivity index (χ1n) is 9.21. The Morgan fingerprint density at radius 2 is 2.10 bits per heavy atom. The Bertz CT molecular complexity index is 1070. The Labute approximate surface area is 179 Å². The van der Waals surface area contributed by atoms with Crippen molar-refractivity contribution < 1.29 is 19.2 Å². The lowest BCUT2D eigenvalue weighted by atomic mass is 9.98. The maximum Gasteiger partial charge on any atom is 0.407 e. The summed E-state index contributed by atoms with van der Waals surface area (Å²) in [5.74, 6) is 0.628. The van der Waals surface area contributed by atoms with Crippen molar-refractivity contribution in [3.63, 3.8) is 0 Å². The molecule has 1 aliphatic heterocycles. The number of hydrogen-bond acceptors (Lipinski definition) is 7. The first-order chi connectivity index (χ1) is 14.5. The van der Waals surface area contributed by atoms with Crippen LogP contribution in [0.4, 0.5) is 10.6 Å². The van der Waals surface area contributed by atoms with Gasteiger partial charge in [0, 0.05) is 24.8 Å². The SMILES string of the molecule is O=C(Nc1ccc(-c2noc(C3CCCN(C(=O)O)C3)n2)cn1)c1cccc(Br)n1.